The highest BCUT2D eigenvalue weighted by atomic mass is 32.2. The fraction of sp³-hybridized carbons (Fsp3) is 0.368. The first-order chi connectivity index (χ1) is 12.8. The normalized spacial score (nSPS) is 24.4. The van der Waals surface area contributed by atoms with Gasteiger partial charge in [0, 0.05) is 18.6 Å². The van der Waals surface area contributed by atoms with Crippen molar-refractivity contribution >= 4 is 21.4 Å². The largest absolute Gasteiger partial charge is 0.337 e. The van der Waals surface area contributed by atoms with E-state index in [9.17, 15) is 18.5 Å². The Kier molecular flexibility index (Phi) is 4.20. The van der Waals surface area contributed by atoms with Gasteiger partial charge in [0.2, 0.25) is 0 Å². The Morgan fingerprint density at radius 2 is 1.89 bits per heavy atom. The summed E-state index contributed by atoms with van der Waals surface area (Å²) in [5, 5.41) is 10.9. The second kappa shape index (κ2) is 6.31. The monoisotopic (exact) mass is 388 g/mol. The first-order valence-corrected chi connectivity index (χ1v) is 10.4. The van der Waals surface area contributed by atoms with Crippen LogP contribution in [0, 0.1) is 17.0 Å². The number of nitro benzene ring substituents is 1. The summed E-state index contributed by atoms with van der Waals surface area (Å²) in [6.07, 6.45) is 0.788. The summed E-state index contributed by atoms with van der Waals surface area (Å²) in [4.78, 5) is 11.8. The van der Waals surface area contributed by atoms with Crippen molar-refractivity contribution < 1.29 is 18.2 Å². The number of nitrogens with zero attached hydrogens (tertiary/aromatic N) is 2. The van der Waals surface area contributed by atoms with Crippen LogP contribution in [-0.4, -0.2) is 39.5 Å². The molecule has 2 aliphatic heterocycles. The van der Waals surface area contributed by atoms with Crippen LogP contribution >= 0.6 is 0 Å². The van der Waals surface area contributed by atoms with Gasteiger partial charge in [0.15, 0.2) is 0 Å². The van der Waals surface area contributed by atoms with Gasteiger partial charge in [-0.25, -0.2) is 8.42 Å². The van der Waals surface area contributed by atoms with Crippen LogP contribution in [0.3, 0.4) is 0 Å². The van der Waals surface area contributed by atoms with E-state index in [0.29, 0.717) is 0 Å². The third kappa shape index (κ3) is 2.89. The van der Waals surface area contributed by atoms with Crippen LogP contribution in [-0.2, 0) is 10.0 Å². The molecule has 2 aliphatic rings. The van der Waals surface area contributed by atoms with Crippen LogP contribution in [0.25, 0.3) is 0 Å². The van der Waals surface area contributed by atoms with E-state index in [1.807, 2.05) is 19.1 Å². The first kappa shape index (κ1) is 17.9. The highest BCUT2D eigenvalue weighted by molar-refractivity contribution is 7.92. The number of nitro groups is 1. The van der Waals surface area contributed by atoms with Crippen molar-refractivity contribution in [1.82, 2.24) is 0 Å². The number of rotatable bonds is 3. The molecule has 1 unspecified atom stereocenters. The van der Waals surface area contributed by atoms with Crippen LogP contribution in [0.1, 0.15) is 23.5 Å². The molecule has 0 aromatic heterocycles. The number of sulfonamides is 1. The van der Waals surface area contributed by atoms with Gasteiger partial charge in [-0.3, -0.25) is 14.4 Å². The van der Waals surface area contributed by atoms with Gasteiger partial charge in [0.05, 0.1) is 47.6 Å². The Morgan fingerprint density at radius 1 is 1.19 bits per heavy atom. The van der Waals surface area contributed by atoms with Crippen molar-refractivity contribution in [2.24, 2.45) is 0 Å². The SMILES string of the molecule is Cc1ccc2c(c1)[C@@H]1C[NH+](C)CC[C@@H]1N2S(=O)(=O)c1ccc([N+](=O)[O-])cc1. The molecule has 3 atom stereocenters. The molecular formula is C19H22N3O4S+. The molecule has 2 heterocycles. The topological polar surface area (TPSA) is 85.0 Å². The lowest BCUT2D eigenvalue weighted by Gasteiger charge is -2.34. The van der Waals surface area contributed by atoms with Crippen molar-refractivity contribution in [2.45, 2.75) is 30.2 Å². The maximum absolute atomic E-state index is 13.4. The van der Waals surface area contributed by atoms with E-state index in [1.165, 1.54) is 29.2 Å². The molecule has 0 saturated carbocycles. The quantitative estimate of drug-likeness (QED) is 0.638. The molecular weight excluding hydrogens is 366 g/mol. The van der Waals surface area contributed by atoms with E-state index in [-0.39, 0.29) is 22.5 Å². The number of likely N-dealkylation sites (tertiary alicyclic amines) is 1. The van der Waals surface area contributed by atoms with Gasteiger partial charge in [0.25, 0.3) is 15.7 Å². The summed E-state index contributed by atoms with van der Waals surface area (Å²) < 4.78 is 28.5. The number of benzene rings is 2. The van der Waals surface area contributed by atoms with Crippen LogP contribution in [0.15, 0.2) is 47.4 Å². The van der Waals surface area contributed by atoms with Gasteiger partial charge >= 0.3 is 0 Å². The highest BCUT2D eigenvalue weighted by Gasteiger charge is 2.48. The zero-order chi connectivity index (χ0) is 19.3. The Balaban J connectivity index is 1.81. The summed E-state index contributed by atoms with van der Waals surface area (Å²) in [6.45, 7) is 3.83. The van der Waals surface area contributed by atoms with Crippen molar-refractivity contribution in [3.8, 4) is 0 Å². The number of likely N-dealkylation sites (N-methyl/N-ethyl adjacent to an activating group) is 1. The maximum atomic E-state index is 13.4. The fourth-order valence-electron chi connectivity index (χ4n) is 4.32. The number of nitrogens with one attached hydrogen (secondary N) is 1. The van der Waals surface area contributed by atoms with Crippen LogP contribution in [0.2, 0.25) is 0 Å². The molecule has 0 spiro atoms. The predicted octanol–water partition coefficient (Wildman–Crippen LogP) is 1.48. The van der Waals surface area contributed by atoms with Gasteiger partial charge in [-0.05, 0) is 30.7 Å². The Hall–Kier alpha value is -2.45. The van der Waals surface area contributed by atoms with E-state index in [1.54, 1.807) is 4.31 Å². The smallest absolute Gasteiger partial charge is 0.269 e. The lowest BCUT2D eigenvalue weighted by Crippen LogP contribution is -3.11. The first-order valence-electron chi connectivity index (χ1n) is 9.00. The lowest BCUT2D eigenvalue weighted by molar-refractivity contribution is -0.886. The van der Waals surface area contributed by atoms with E-state index in [0.717, 1.165) is 36.3 Å². The molecule has 2 aromatic carbocycles. The molecule has 1 fully saturated rings. The summed E-state index contributed by atoms with van der Waals surface area (Å²) >= 11 is 0. The Bertz CT molecular complexity index is 1000. The average Bonchev–Trinajstić information content (AvgIpc) is 2.95. The van der Waals surface area contributed by atoms with Gasteiger partial charge in [-0.2, -0.15) is 0 Å². The van der Waals surface area contributed by atoms with Gasteiger partial charge < -0.3 is 4.90 Å². The minimum absolute atomic E-state index is 0.0894. The zero-order valence-electron chi connectivity index (χ0n) is 15.3. The molecule has 0 bridgehead atoms. The minimum Gasteiger partial charge on any atom is -0.337 e. The van der Waals surface area contributed by atoms with Crippen molar-refractivity contribution in [1.29, 1.82) is 0 Å². The molecule has 142 valence electrons. The summed E-state index contributed by atoms with van der Waals surface area (Å²) in [5.74, 6) is 0.168. The minimum atomic E-state index is -3.79. The average molecular weight is 388 g/mol. The number of anilines is 1. The zero-order valence-corrected chi connectivity index (χ0v) is 16.1. The van der Waals surface area contributed by atoms with E-state index < -0.39 is 14.9 Å². The molecule has 0 amide bonds. The summed E-state index contributed by atoms with van der Waals surface area (Å²) in [5.41, 5.74) is 2.82. The Morgan fingerprint density at radius 3 is 2.56 bits per heavy atom. The van der Waals surface area contributed by atoms with Crippen molar-refractivity contribution in [3.05, 3.63) is 63.7 Å². The molecule has 1 saturated heterocycles. The lowest BCUT2D eigenvalue weighted by atomic mass is 9.89. The van der Waals surface area contributed by atoms with Crippen molar-refractivity contribution in [3.63, 3.8) is 0 Å². The number of quaternary nitrogens is 1. The second-order valence-electron chi connectivity index (χ2n) is 7.49. The molecule has 7 nitrogen and oxygen atoms in total. The number of piperidine rings is 1. The highest BCUT2D eigenvalue weighted by Crippen LogP contribution is 2.45. The van der Waals surface area contributed by atoms with Gasteiger partial charge in [0.1, 0.15) is 0 Å². The molecule has 8 heteroatoms. The van der Waals surface area contributed by atoms with E-state index in [2.05, 4.69) is 13.1 Å². The molecule has 27 heavy (non-hydrogen) atoms. The molecule has 0 aliphatic carbocycles. The molecule has 1 N–H and O–H groups in total. The van der Waals surface area contributed by atoms with E-state index in [4.69, 9.17) is 0 Å². The number of fused-ring (bicyclic) bond motifs is 3. The molecule has 2 aromatic rings. The molecule has 4 rings (SSSR count). The molecule has 0 radical (unpaired) electrons. The maximum Gasteiger partial charge on any atom is 0.269 e. The van der Waals surface area contributed by atoms with Crippen LogP contribution in [0.4, 0.5) is 11.4 Å². The summed E-state index contributed by atoms with van der Waals surface area (Å²) in [7, 11) is -1.66. The standard InChI is InChI=1S/C19H21N3O4S/c1-13-3-8-18-16(11-13)17-12-20(2)10-9-19(17)21(18)27(25,26)15-6-4-14(5-7-15)22(23)24/h3-8,11,17,19H,9-10,12H2,1-2H3/p+1/t17-,19-/m0/s1. The fourth-order valence-corrected chi connectivity index (χ4v) is 6.06. The Labute approximate surface area is 158 Å². The predicted molar refractivity (Wildman–Crippen MR) is 102 cm³/mol. The number of non-ortho nitro benzene ring substituents is 1. The van der Waals surface area contributed by atoms with E-state index >= 15 is 0 Å². The van der Waals surface area contributed by atoms with Crippen LogP contribution in [0.5, 0.6) is 0 Å². The number of hydrogen-bond acceptors (Lipinski definition) is 4. The summed E-state index contributed by atoms with van der Waals surface area (Å²) in [6, 6.07) is 11.0. The second-order valence-corrected chi connectivity index (χ2v) is 9.30. The van der Waals surface area contributed by atoms with Gasteiger partial charge in [-0.15, -0.1) is 0 Å². The van der Waals surface area contributed by atoms with Gasteiger partial charge in [-0.1, -0.05) is 17.7 Å². The number of aryl methyl sites for hydroxylation is 1. The number of hydrogen-bond donors (Lipinski definition) is 1. The third-order valence-electron chi connectivity index (χ3n) is 5.63. The van der Waals surface area contributed by atoms with Crippen LogP contribution < -0.4 is 9.21 Å². The third-order valence-corrected chi connectivity index (χ3v) is 7.48. The van der Waals surface area contributed by atoms with Crippen molar-refractivity contribution in [2.75, 3.05) is 24.4 Å².